The van der Waals surface area contributed by atoms with Gasteiger partial charge in [-0.2, -0.15) is 13.2 Å². The van der Waals surface area contributed by atoms with Gasteiger partial charge in [0.25, 0.3) is 5.91 Å². The maximum atomic E-state index is 14.5. The van der Waals surface area contributed by atoms with Gasteiger partial charge in [-0.25, -0.2) is 22.7 Å². The van der Waals surface area contributed by atoms with Gasteiger partial charge in [0.05, 0.1) is 21.7 Å². The molecule has 4 rings (SSSR count). The number of nitrogens with one attached hydrogen (secondary N) is 1. The quantitative estimate of drug-likeness (QED) is 0.388. The lowest BCUT2D eigenvalue weighted by Gasteiger charge is -2.23. The van der Waals surface area contributed by atoms with Crippen LogP contribution in [0.4, 0.5) is 28.0 Å². The van der Waals surface area contributed by atoms with E-state index in [0.717, 1.165) is 29.3 Å². The molecule has 3 amide bonds. The van der Waals surface area contributed by atoms with Gasteiger partial charge in [0.1, 0.15) is 18.1 Å². The number of benzene rings is 1. The van der Waals surface area contributed by atoms with Gasteiger partial charge in [-0.3, -0.25) is 14.6 Å². The van der Waals surface area contributed by atoms with Crippen molar-refractivity contribution in [2.24, 2.45) is 10.6 Å². The summed E-state index contributed by atoms with van der Waals surface area (Å²) in [4.78, 5) is 44.0. The minimum Gasteiger partial charge on any atom is -0.443 e. The van der Waals surface area contributed by atoms with Crippen LogP contribution >= 0.6 is 0 Å². The highest BCUT2D eigenvalue weighted by Crippen LogP contribution is 2.33. The SMILES string of the molecule is CC(C)(C)C(=O)Nc1cc(C(F)(F)F)cnc1COC(=O)N1CC2=C(C1)CN(C(=O)c1ccc(S(N)(=O)=O)cc1F)C2. The van der Waals surface area contributed by atoms with Crippen molar-refractivity contribution in [2.45, 2.75) is 38.4 Å². The van der Waals surface area contributed by atoms with E-state index in [9.17, 15) is 40.4 Å². The number of carbonyl (C=O) groups excluding carboxylic acids is 3. The Hall–Kier alpha value is -4.05. The Bertz CT molecular complexity index is 1580. The molecule has 42 heavy (non-hydrogen) atoms. The molecule has 0 bridgehead atoms. The normalized spacial score (nSPS) is 15.6. The molecule has 2 aliphatic rings. The number of rotatable bonds is 5. The molecule has 0 unspecified atom stereocenters. The maximum absolute atomic E-state index is 14.5. The standard InChI is InChI=1S/C26H27F4N5O6S/c1-25(2,3)23(37)33-20-6-16(26(28,29)30)8-32-21(20)13-41-24(38)35-11-14-9-34(10-15(14)12-35)22(36)18-5-4-17(7-19(18)27)42(31,39)40/h4-8H,9-13H2,1-3H3,(H,33,37)(H2,31,39,40). The number of sulfonamides is 1. The van der Waals surface area contributed by atoms with Gasteiger partial charge < -0.3 is 19.9 Å². The monoisotopic (exact) mass is 613 g/mol. The van der Waals surface area contributed by atoms with Crippen LogP contribution < -0.4 is 10.5 Å². The molecule has 1 aromatic heterocycles. The number of halogens is 4. The van der Waals surface area contributed by atoms with E-state index in [-0.39, 0.29) is 43.1 Å². The van der Waals surface area contributed by atoms with E-state index in [1.807, 2.05) is 0 Å². The van der Waals surface area contributed by atoms with Crippen LogP contribution in [0.25, 0.3) is 0 Å². The predicted octanol–water partition coefficient (Wildman–Crippen LogP) is 3.28. The van der Waals surface area contributed by atoms with Crippen molar-refractivity contribution in [1.82, 2.24) is 14.8 Å². The molecule has 2 aliphatic heterocycles. The fraction of sp³-hybridized carbons (Fsp3) is 0.385. The second kappa shape index (κ2) is 11.0. The summed E-state index contributed by atoms with van der Waals surface area (Å²) in [7, 11) is -4.15. The molecule has 0 aliphatic carbocycles. The van der Waals surface area contributed by atoms with Crippen molar-refractivity contribution >= 4 is 33.6 Å². The van der Waals surface area contributed by atoms with Crippen molar-refractivity contribution in [3.63, 3.8) is 0 Å². The van der Waals surface area contributed by atoms with Crippen LogP contribution in [-0.4, -0.2) is 67.3 Å². The first-order chi connectivity index (χ1) is 19.3. The van der Waals surface area contributed by atoms with Gasteiger partial charge >= 0.3 is 12.3 Å². The lowest BCUT2D eigenvalue weighted by molar-refractivity contribution is -0.137. The summed E-state index contributed by atoms with van der Waals surface area (Å²) < 4.78 is 82.3. The van der Waals surface area contributed by atoms with E-state index < -0.39 is 62.4 Å². The van der Waals surface area contributed by atoms with Gasteiger partial charge in [0.15, 0.2) is 0 Å². The first-order valence-corrected chi connectivity index (χ1v) is 14.0. The number of anilines is 1. The number of nitrogens with two attached hydrogens (primary N) is 1. The third-order valence-corrected chi connectivity index (χ3v) is 7.54. The lowest BCUT2D eigenvalue weighted by atomic mass is 9.95. The van der Waals surface area contributed by atoms with Gasteiger partial charge in [0.2, 0.25) is 15.9 Å². The van der Waals surface area contributed by atoms with Gasteiger partial charge in [0, 0.05) is 37.8 Å². The fourth-order valence-corrected chi connectivity index (χ4v) is 4.80. The minimum absolute atomic E-state index is 0.0825. The fourth-order valence-electron chi connectivity index (χ4n) is 4.27. The number of pyridine rings is 1. The lowest BCUT2D eigenvalue weighted by Crippen LogP contribution is -2.37. The Morgan fingerprint density at radius 2 is 1.62 bits per heavy atom. The van der Waals surface area contributed by atoms with Crippen LogP contribution in [0.3, 0.4) is 0 Å². The highest BCUT2D eigenvalue weighted by molar-refractivity contribution is 7.89. The van der Waals surface area contributed by atoms with Crippen LogP contribution in [0.2, 0.25) is 0 Å². The van der Waals surface area contributed by atoms with Crippen LogP contribution in [0, 0.1) is 11.2 Å². The summed E-state index contributed by atoms with van der Waals surface area (Å²) in [5, 5.41) is 7.41. The molecule has 16 heteroatoms. The number of carbonyl (C=O) groups is 3. The van der Waals surface area contributed by atoms with Crippen LogP contribution in [0.5, 0.6) is 0 Å². The molecule has 0 radical (unpaired) electrons. The minimum atomic E-state index is -4.71. The number of aromatic nitrogens is 1. The molecule has 3 N–H and O–H groups in total. The number of hydrogen-bond donors (Lipinski definition) is 2. The summed E-state index contributed by atoms with van der Waals surface area (Å²) in [6.45, 7) is 4.61. The Morgan fingerprint density at radius 3 is 2.14 bits per heavy atom. The zero-order valence-corrected chi connectivity index (χ0v) is 23.5. The molecular formula is C26H27F4N5O6S. The summed E-state index contributed by atoms with van der Waals surface area (Å²) in [6.07, 6.45) is -4.92. The Morgan fingerprint density at radius 1 is 1.02 bits per heavy atom. The molecule has 0 saturated carbocycles. The second-order valence-electron chi connectivity index (χ2n) is 10.9. The number of alkyl halides is 3. The summed E-state index contributed by atoms with van der Waals surface area (Å²) >= 11 is 0. The number of amides is 3. The van der Waals surface area contributed by atoms with Crippen molar-refractivity contribution in [1.29, 1.82) is 0 Å². The van der Waals surface area contributed by atoms with Crippen molar-refractivity contribution < 1.29 is 45.1 Å². The largest absolute Gasteiger partial charge is 0.443 e. The first kappa shape index (κ1) is 30.9. The number of primary sulfonamides is 1. The van der Waals surface area contributed by atoms with E-state index in [2.05, 4.69) is 10.3 Å². The van der Waals surface area contributed by atoms with Crippen molar-refractivity contribution in [3.8, 4) is 0 Å². The molecular weight excluding hydrogens is 586 g/mol. The van der Waals surface area contributed by atoms with Crippen LogP contribution in [0.15, 0.2) is 46.5 Å². The van der Waals surface area contributed by atoms with Crippen LogP contribution in [-0.2, 0) is 32.3 Å². The third-order valence-electron chi connectivity index (χ3n) is 6.63. The molecule has 11 nitrogen and oxygen atoms in total. The van der Waals surface area contributed by atoms with Gasteiger partial charge in [-0.1, -0.05) is 20.8 Å². The molecule has 1 aromatic carbocycles. The van der Waals surface area contributed by atoms with E-state index in [1.54, 1.807) is 20.8 Å². The molecule has 0 spiro atoms. The zero-order valence-electron chi connectivity index (χ0n) is 22.7. The van der Waals surface area contributed by atoms with E-state index in [0.29, 0.717) is 12.3 Å². The van der Waals surface area contributed by atoms with E-state index >= 15 is 0 Å². The average Bonchev–Trinajstić information content (AvgIpc) is 3.45. The van der Waals surface area contributed by atoms with Crippen molar-refractivity contribution in [3.05, 3.63) is 64.2 Å². The smallest absolute Gasteiger partial charge is 0.417 e. The molecule has 226 valence electrons. The molecule has 3 heterocycles. The average molecular weight is 614 g/mol. The number of nitrogens with zero attached hydrogens (tertiary/aromatic N) is 3. The number of hydrogen-bond acceptors (Lipinski definition) is 7. The molecule has 0 saturated heterocycles. The Labute approximate surface area is 238 Å². The molecule has 2 aromatic rings. The topological polar surface area (TPSA) is 152 Å². The number of ether oxygens (including phenoxy) is 1. The Balaban J connectivity index is 1.37. The molecule has 0 atom stereocenters. The third kappa shape index (κ3) is 6.70. The van der Waals surface area contributed by atoms with E-state index in [4.69, 9.17) is 9.88 Å². The van der Waals surface area contributed by atoms with Gasteiger partial charge in [-0.05, 0) is 35.4 Å². The predicted molar refractivity (Wildman–Crippen MR) is 140 cm³/mol. The highest BCUT2D eigenvalue weighted by Gasteiger charge is 2.36. The maximum Gasteiger partial charge on any atom is 0.417 e. The first-order valence-electron chi connectivity index (χ1n) is 12.5. The Kier molecular flexibility index (Phi) is 8.08. The zero-order chi connectivity index (χ0) is 31.2. The summed E-state index contributed by atoms with van der Waals surface area (Å²) in [5.41, 5.74) is -1.20. The van der Waals surface area contributed by atoms with Crippen molar-refractivity contribution in [2.75, 3.05) is 31.5 Å². The summed E-state index contributed by atoms with van der Waals surface area (Å²) in [6, 6.07) is 3.47. The van der Waals surface area contributed by atoms with E-state index in [1.165, 1.54) is 9.80 Å². The van der Waals surface area contributed by atoms with Crippen LogP contribution in [0.1, 0.15) is 42.4 Å². The summed E-state index contributed by atoms with van der Waals surface area (Å²) in [5.74, 6) is -2.27. The highest BCUT2D eigenvalue weighted by atomic mass is 32.2. The molecule has 0 fully saturated rings. The second-order valence-corrected chi connectivity index (χ2v) is 12.4. The van der Waals surface area contributed by atoms with Gasteiger partial charge in [-0.15, -0.1) is 0 Å².